The predicted octanol–water partition coefficient (Wildman–Crippen LogP) is 2.88. The van der Waals surface area contributed by atoms with Gasteiger partial charge in [-0.05, 0) is 71.0 Å². The molecule has 0 saturated carbocycles. The smallest absolute Gasteiger partial charge is 0.0746 e. The van der Waals surface area contributed by atoms with Crippen molar-refractivity contribution in [3.63, 3.8) is 0 Å². The summed E-state index contributed by atoms with van der Waals surface area (Å²) in [4.78, 5) is 2.58. The molecular weight excluding hydrogens is 248 g/mol. The van der Waals surface area contributed by atoms with Crippen molar-refractivity contribution in [3.05, 3.63) is 0 Å². The standard InChI is InChI=1S/C17H36N2O/c1-6-9-19-10-7-16(8-11-19)15(4)18-13-17(5,20)12-14(2)3/h14-16,18,20H,6-13H2,1-5H3. The normalized spacial score (nSPS) is 22.9. The second kappa shape index (κ2) is 8.35. The first-order chi connectivity index (χ1) is 9.34. The van der Waals surface area contributed by atoms with Crippen LogP contribution in [-0.2, 0) is 0 Å². The average molecular weight is 284 g/mol. The van der Waals surface area contributed by atoms with Gasteiger partial charge >= 0.3 is 0 Å². The lowest BCUT2D eigenvalue weighted by molar-refractivity contribution is 0.0326. The molecule has 0 aliphatic carbocycles. The second-order valence-electron chi connectivity index (χ2n) is 7.44. The lowest BCUT2D eigenvalue weighted by atomic mass is 9.89. The Morgan fingerprint density at radius 1 is 1.25 bits per heavy atom. The van der Waals surface area contributed by atoms with Crippen molar-refractivity contribution in [1.82, 2.24) is 10.2 Å². The Kier molecular flexibility index (Phi) is 7.49. The fourth-order valence-corrected chi connectivity index (χ4v) is 3.49. The van der Waals surface area contributed by atoms with Gasteiger partial charge in [-0.25, -0.2) is 0 Å². The van der Waals surface area contributed by atoms with Crippen molar-refractivity contribution in [2.24, 2.45) is 11.8 Å². The number of rotatable bonds is 8. The van der Waals surface area contributed by atoms with E-state index < -0.39 is 5.60 Å². The van der Waals surface area contributed by atoms with Gasteiger partial charge < -0.3 is 15.3 Å². The highest BCUT2D eigenvalue weighted by molar-refractivity contribution is 4.83. The summed E-state index contributed by atoms with van der Waals surface area (Å²) >= 11 is 0. The summed E-state index contributed by atoms with van der Waals surface area (Å²) in [5, 5.41) is 13.9. The third-order valence-electron chi connectivity index (χ3n) is 4.53. The lowest BCUT2D eigenvalue weighted by Crippen LogP contribution is -2.47. The lowest BCUT2D eigenvalue weighted by Gasteiger charge is -2.36. The van der Waals surface area contributed by atoms with Crippen LogP contribution >= 0.6 is 0 Å². The first-order valence-electron chi connectivity index (χ1n) is 8.52. The summed E-state index contributed by atoms with van der Waals surface area (Å²) in [6.45, 7) is 15.3. The van der Waals surface area contributed by atoms with Crippen LogP contribution < -0.4 is 5.32 Å². The van der Waals surface area contributed by atoms with Gasteiger partial charge in [0.25, 0.3) is 0 Å². The number of hydrogen-bond acceptors (Lipinski definition) is 3. The van der Waals surface area contributed by atoms with Gasteiger partial charge in [0.15, 0.2) is 0 Å². The van der Waals surface area contributed by atoms with E-state index in [4.69, 9.17) is 0 Å². The largest absolute Gasteiger partial charge is 0.389 e. The molecule has 0 spiro atoms. The third-order valence-corrected chi connectivity index (χ3v) is 4.53. The highest BCUT2D eigenvalue weighted by Gasteiger charge is 2.26. The van der Waals surface area contributed by atoms with Crippen molar-refractivity contribution in [1.29, 1.82) is 0 Å². The molecule has 1 saturated heterocycles. The van der Waals surface area contributed by atoms with Crippen LogP contribution in [0.1, 0.15) is 60.3 Å². The molecule has 0 amide bonds. The number of nitrogens with one attached hydrogen (secondary N) is 1. The van der Waals surface area contributed by atoms with Crippen molar-refractivity contribution in [3.8, 4) is 0 Å². The molecular formula is C17H36N2O. The fraction of sp³-hybridized carbons (Fsp3) is 1.00. The molecule has 120 valence electrons. The maximum atomic E-state index is 10.4. The summed E-state index contributed by atoms with van der Waals surface area (Å²) in [5.74, 6) is 1.30. The van der Waals surface area contributed by atoms with Gasteiger partial charge in [0.1, 0.15) is 0 Å². The molecule has 1 aliphatic heterocycles. The summed E-state index contributed by atoms with van der Waals surface area (Å²) in [7, 11) is 0. The molecule has 2 unspecified atom stereocenters. The molecule has 1 fully saturated rings. The van der Waals surface area contributed by atoms with Gasteiger partial charge in [0, 0.05) is 12.6 Å². The van der Waals surface area contributed by atoms with E-state index in [0.717, 1.165) is 12.3 Å². The van der Waals surface area contributed by atoms with Crippen LogP contribution in [0.3, 0.4) is 0 Å². The molecule has 2 atom stereocenters. The summed E-state index contributed by atoms with van der Waals surface area (Å²) in [5.41, 5.74) is -0.578. The van der Waals surface area contributed by atoms with Crippen molar-refractivity contribution in [2.45, 2.75) is 71.9 Å². The molecule has 20 heavy (non-hydrogen) atoms. The topological polar surface area (TPSA) is 35.5 Å². The molecule has 3 nitrogen and oxygen atoms in total. The monoisotopic (exact) mass is 284 g/mol. The maximum absolute atomic E-state index is 10.4. The third kappa shape index (κ3) is 6.55. The first-order valence-corrected chi connectivity index (χ1v) is 8.52. The van der Waals surface area contributed by atoms with Gasteiger partial charge in [-0.15, -0.1) is 0 Å². The van der Waals surface area contributed by atoms with Crippen molar-refractivity contribution >= 4 is 0 Å². The minimum Gasteiger partial charge on any atom is -0.389 e. The van der Waals surface area contributed by atoms with Crippen LogP contribution in [0.2, 0.25) is 0 Å². The molecule has 1 rings (SSSR count). The number of hydrogen-bond donors (Lipinski definition) is 2. The van der Waals surface area contributed by atoms with E-state index in [2.05, 4.69) is 37.9 Å². The Hall–Kier alpha value is -0.120. The molecule has 0 aromatic carbocycles. The minimum atomic E-state index is -0.578. The van der Waals surface area contributed by atoms with Gasteiger partial charge in [-0.3, -0.25) is 0 Å². The van der Waals surface area contributed by atoms with E-state index in [1.54, 1.807) is 0 Å². The molecule has 0 aromatic rings. The summed E-state index contributed by atoms with van der Waals surface area (Å²) in [6.07, 6.45) is 4.71. The summed E-state index contributed by atoms with van der Waals surface area (Å²) < 4.78 is 0. The second-order valence-corrected chi connectivity index (χ2v) is 7.44. The molecule has 1 heterocycles. The minimum absolute atomic E-state index is 0.511. The molecule has 3 heteroatoms. The Morgan fingerprint density at radius 3 is 2.35 bits per heavy atom. The Balaban J connectivity index is 2.28. The molecule has 0 bridgehead atoms. The molecule has 0 radical (unpaired) electrons. The number of piperidine rings is 1. The van der Waals surface area contributed by atoms with Gasteiger partial charge in [-0.2, -0.15) is 0 Å². The van der Waals surface area contributed by atoms with E-state index in [9.17, 15) is 5.11 Å². The molecule has 1 aliphatic rings. The maximum Gasteiger partial charge on any atom is 0.0746 e. The fourth-order valence-electron chi connectivity index (χ4n) is 3.49. The highest BCUT2D eigenvalue weighted by atomic mass is 16.3. The van der Waals surface area contributed by atoms with Crippen LogP contribution in [-0.4, -0.2) is 47.8 Å². The van der Waals surface area contributed by atoms with E-state index >= 15 is 0 Å². The molecule has 2 N–H and O–H groups in total. The van der Waals surface area contributed by atoms with Crippen LogP contribution in [0.4, 0.5) is 0 Å². The van der Waals surface area contributed by atoms with E-state index in [1.807, 2.05) is 6.92 Å². The number of likely N-dealkylation sites (tertiary alicyclic amines) is 1. The highest BCUT2D eigenvalue weighted by Crippen LogP contribution is 2.22. The zero-order chi connectivity index (χ0) is 15.2. The SMILES string of the molecule is CCCN1CCC(C(C)NCC(C)(O)CC(C)C)CC1. The number of nitrogens with zero attached hydrogens (tertiary/aromatic N) is 1. The zero-order valence-corrected chi connectivity index (χ0v) is 14.3. The van der Waals surface area contributed by atoms with E-state index in [0.29, 0.717) is 18.5 Å². The van der Waals surface area contributed by atoms with Crippen molar-refractivity contribution < 1.29 is 5.11 Å². The Bertz CT molecular complexity index is 258. The average Bonchev–Trinajstić information content (AvgIpc) is 2.36. The first kappa shape index (κ1) is 17.9. The predicted molar refractivity (Wildman–Crippen MR) is 87.0 cm³/mol. The number of aliphatic hydroxyl groups is 1. The van der Waals surface area contributed by atoms with Crippen molar-refractivity contribution in [2.75, 3.05) is 26.2 Å². The zero-order valence-electron chi connectivity index (χ0n) is 14.3. The van der Waals surface area contributed by atoms with Crippen LogP contribution in [0.5, 0.6) is 0 Å². The van der Waals surface area contributed by atoms with Gasteiger partial charge in [0.2, 0.25) is 0 Å². The van der Waals surface area contributed by atoms with Crippen LogP contribution in [0.25, 0.3) is 0 Å². The van der Waals surface area contributed by atoms with E-state index in [-0.39, 0.29) is 0 Å². The van der Waals surface area contributed by atoms with Gasteiger partial charge in [0.05, 0.1) is 5.60 Å². The van der Waals surface area contributed by atoms with Crippen LogP contribution in [0, 0.1) is 11.8 Å². The van der Waals surface area contributed by atoms with Gasteiger partial charge in [-0.1, -0.05) is 20.8 Å². The quantitative estimate of drug-likeness (QED) is 0.719. The summed E-state index contributed by atoms with van der Waals surface area (Å²) in [6, 6.07) is 0.511. The van der Waals surface area contributed by atoms with E-state index in [1.165, 1.54) is 38.9 Å². The van der Waals surface area contributed by atoms with Crippen LogP contribution in [0.15, 0.2) is 0 Å². The Labute approximate surface area is 126 Å². The molecule has 0 aromatic heterocycles. The Morgan fingerprint density at radius 2 is 1.85 bits per heavy atom.